The largest absolute Gasteiger partial charge is 0.387 e. The minimum absolute atomic E-state index is 0.278. The van der Waals surface area contributed by atoms with Crippen LogP contribution in [0, 0.1) is 0 Å². The van der Waals surface area contributed by atoms with Crippen LogP contribution < -0.4 is 5.32 Å². The van der Waals surface area contributed by atoms with Crippen molar-refractivity contribution in [1.82, 2.24) is 5.32 Å². The molecule has 0 aliphatic carbocycles. The van der Waals surface area contributed by atoms with Crippen LogP contribution in [0.5, 0.6) is 0 Å². The molecule has 0 aromatic heterocycles. The Kier molecular flexibility index (Phi) is 30.4. The van der Waals surface area contributed by atoms with E-state index in [9.17, 15) is 22.9 Å². The predicted octanol–water partition coefficient (Wildman–Crippen LogP) is 10.2. The van der Waals surface area contributed by atoms with E-state index in [-0.39, 0.29) is 5.91 Å². The molecule has 0 aliphatic heterocycles. The van der Waals surface area contributed by atoms with Gasteiger partial charge in [0, 0.05) is 6.42 Å². The summed E-state index contributed by atoms with van der Waals surface area (Å²) in [5.74, 6) is -0.971. The van der Waals surface area contributed by atoms with Crippen molar-refractivity contribution >= 4 is 16.0 Å². The van der Waals surface area contributed by atoms with E-state index >= 15 is 0 Å². The van der Waals surface area contributed by atoms with E-state index < -0.39 is 28.0 Å². The fourth-order valence-corrected chi connectivity index (χ4v) is 6.42. The third kappa shape index (κ3) is 32.3. The van der Waals surface area contributed by atoms with E-state index in [4.69, 9.17) is 0 Å². The van der Waals surface area contributed by atoms with Crippen LogP contribution in [-0.2, 0) is 14.9 Å². The number of allylic oxidation sites excluding steroid dienone is 1. The first kappa shape index (κ1) is 42.1. The maximum absolute atomic E-state index is 12.4. The number of nitrogens with one attached hydrogen (secondary N) is 1. The van der Waals surface area contributed by atoms with E-state index in [0.29, 0.717) is 6.42 Å². The lowest BCUT2D eigenvalue weighted by Gasteiger charge is -2.21. The van der Waals surface area contributed by atoms with Gasteiger partial charge in [-0.25, -0.2) is 0 Å². The SMILES string of the molecule is CCCCCCCCCCCCCCCCC/C=C/C(O)C(CS(=O)(=O)O)NC(=O)CCCCCCCCCCCCC. The van der Waals surface area contributed by atoms with Crippen LogP contribution in [0.2, 0.25) is 0 Å². The van der Waals surface area contributed by atoms with Gasteiger partial charge >= 0.3 is 0 Å². The number of aliphatic hydroxyl groups excluding tert-OH is 1. The second kappa shape index (κ2) is 31.1. The molecule has 1 amide bonds. The Bertz CT molecular complexity index is 740. The fourth-order valence-electron chi connectivity index (χ4n) is 5.68. The Labute approximate surface area is 267 Å². The molecule has 0 spiro atoms. The summed E-state index contributed by atoms with van der Waals surface area (Å²) in [5.41, 5.74) is 0. The summed E-state index contributed by atoms with van der Waals surface area (Å²) in [5, 5.41) is 13.2. The Morgan fingerprint density at radius 2 is 0.953 bits per heavy atom. The van der Waals surface area contributed by atoms with Crippen LogP contribution in [-0.4, -0.2) is 41.9 Å². The van der Waals surface area contributed by atoms with Crippen molar-refractivity contribution in [2.45, 2.75) is 206 Å². The summed E-state index contributed by atoms with van der Waals surface area (Å²) in [6.07, 6.45) is 36.2. The first-order chi connectivity index (χ1) is 20.8. The van der Waals surface area contributed by atoms with E-state index in [1.807, 2.05) is 6.08 Å². The molecule has 0 rings (SSSR count). The molecule has 7 heteroatoms. The summed E-state index contributed by atoms with van der Waals surface area (Å²) in [6.45, 7) is 4.50. The zero-order valence-electron chi connectivity index (χ0n) is 28.3. The predicted molar refractivity (Wildman–Crippen MR) is 184 cm³/mol. The highest BCUT2D eigenvalue weighted by molar-refractivity contribution is 7.85. The first-order valence-electron chi connectivity index (χ1n) is 18.4. The molecule has 2 atom stereocenters. The number of carbonyl (C=O) groups excluding carboxylic acids is 1. The number of carbonyl (C=O) groups is 1. The van der Waals surface area contributed by atoms with Crippen molar-refractivity contribution in [1.29, 1.82) is 0 Å². The number of unbranched alkanes of at least 4 members (excludes halogenated alkanes) is 25. The second-order valence-electron chi connectivity index (χ2n) is 12.9. The normalized spacial score (nSPS) is 13.5. The molecule has 0 fully saturated rings. The van der Waals surface area contributed by atoms with Gasteiger partial charge in [0.05, 0.1) is 17.9 Å². The standard InChI is InChI=1S/C36H71NO5S/c1-3-5-7-9-11-13-15-16-17-18-19-20-22-23-25-27-29-31-35(38)34(33-43(40,41)42)37-36(39)32-30-28-26-24-21-14-12-10-8-6-4-2/h29,31,34-35,38H,3-28,30,32-33H2,1-2H3,(H,37,39)(H,40,41,42)/b31-29+. The van der Waals surface area contributed by atoms with Crippen LogP contribution in [0.25, 0.3) is 0 Å². The van der Waals surface area contributed by atoms with Crippen molar-refractivity contribution in [2.75, 3.05) is 5.75 Å². The molecule has 0 heterocycles. The summed E-state index contributed by atoms with van der Waals surface area (Å²) in [4.78, 5) is 12.4. The number of amides is 1. The van der Waals surface area contributed by atoms with Crippen LogP contribution in [0.1, 0.15) is 194 Å². The number of hydrogen-bond donors (Lipinski definition) is 3. The van der Waals surface area contributed by atoms with Crippen molar-refractivity contribution in [3.8, 4) is 0 Å². The molecule has 0 saturated carbocycles. The second-order valence-corrected chi connectivity index (χ2v) is 14.4. The molecule has 2 unspecified atom stereocenters. The Hall–Kier alpha value is -0.920. The zero-order chi connectivity index (χ0) is 31.9. The first-order valence-corrected chi connectivity index (χ1v) is 20.0. The van der Waals surface area contributed by atoms with Gasteiger partial charge in [-0.2, -0.15) is 8.42 Å². The van der Waals surface area contributed by atoms with Gasteiger partial charge in [-0.15, -0.1) is 0 Å². The molecule has 0 aliphatic rings. The molecule has 0 saturated heterocycles. The van der Waals surface area contributed by atoms with Gasteiger partial charge in [0.25, 0.3) is 10.1 Å². The lowest BCUT2D eigenvalue weighted by atomic mass is 10.0. The lowest BCUT2D eigenvalue weighted by Crippen LogP contribution is -2.46. The molecule has 6 nitrogen and oxygen atoms in total. The highest BCUT2D eigenvalue weighted by atomic mass is 32.2. The molecule has 0 radical (unpaired) electrons. The van der Waals surface area contributed by atoms with Crippen LogP contribution in [0.3, 0.4) is 0 Å². The highest BCUT2D eigenvalue weighted by Crippen LogP contribution is 2.15. The number of rotatable bonds is 33. The molecule has 0 bridgehead atoms. The quantitative estimate of drug-likeness (QED) is 0.0381. The van der Waals surface area contributed by atoms with E-state index in [0.717, 1.165) is 38.5 Å². The maximum atomic E-state index is 12.4. The van der Waals surface area contributed by atoms with Gasteiger partial charge in [0.1, 0.15) is 0 Å². The van der Waals surface area contributed by atoms with Crippen molar-refractivity contribution in [3.63, 3.8) is 0 Å². The zero-order valence-corrected chi connectivity index (χ0v) is 29.2. The van der Waals surface area contributed by atoms with Gasteiger partial charge < -0.3 is 10.4 Å². The smallest absolute Gasteiger partial charge is 0.267 e. The molecule has 43 heavy (non-hydrogen) atoms. The van der Waals surface area contributed by atoms with E-state index in [1.54, 1.807) is 6.08 Å². The molecule has 0 aromatic carbocycles. The molecule has 0 aromatic rings. The molecular weight excluding hydrogens is 558 g/mol. The van der Waals surface area contributed by atoms with Crippen molar-refractivity contribution in [3.05, 3.63) is 12.2 Å². The Morgan fingerprint density at radius 1 is 0.605 bits per heavy atom. The Morgan fingerprint density at radius 3 is 1.33 bits per heavy atom. The lowest BCUT2D eigenvalue weighted by molar-refractivity contribution is -0.122. The highest BCUT2D eigenvalue weighted by Gasteiger charge is 2.24. The van der Waals surface area contributed by atoms with E-state index in [2.05, 4.69) is 19.2 Å². The van der Waals surface area contributed by atoms with Crippen molar-refractivity contribution < 1.29 is 22.9 Å². The molecule has 3 N–H and O–H groups in total. The average molecular weight is 630 g/mol. The molecule has 256 valence electrons. The fraction of sp³-hybridized carbons (Fsp3) is 0.917. The van der Waals surface area contributed by atoms with Crippen LogP contribution in [0.4, 0.5) is 0 Å². The van der Waals surface area contributed by atoms with Gasteiger partial charge in [0.15, 0.2) is 0 Å². The summed E-state index contributed by atoms with van der Waals surface area (Å²) < 4.78 is 32.3. The van der Waals surface area contributed by atoms with Gasteiger partial charge in [0.2, 0.25) is 5.91 Å². The van der Waals surface area contributed by atoms with Crippen LogP contribution >= 0.6 is 0 Å². The van der Waals surface area contributed by atoms with Crippen LogP contribution in [0.15, 0.2) is 12.2 Å². The third-order valence-electron chi connectivity index (χ3n) is 8.46. The van der Waals surface area contributed by atoms with Gasteiger partial charge in [-0.1, -0.05) is 180 Å². The summed E-state index contributed by atoms with van der Waals surface area (Å²) in [6, 6.07) is -1.05. The average Bonchev–Trinajstić information content (AvgIpc) is 2.96. The van der Waals surface area contributed by atoms with E-state index in [1.165, 1.54) is 135 Å². The summed E-state index contributed by atoms with van der Waals surface area (Å²) >= 11 is 0. The summed E-state index contributed by atoms with van der Waals surface area (Å²) in [7, 11) is -4.33. The minimum atomic E-state index is -4.33. The van der Waals surface area contributed by atoms with Crippen molar-refractivity contribution in [2.24, 2.45) is 0 Å². The topological polar surface area (TPSA) is 104 Å². The Balaban J connectivity index is 3.95. The minimum Gasteiger partial charge on any atom is -0.387 e. The van der Waals surface area contributed by atoms with Gasteiger partial charge in [-0.3, -0.25) is 9.35 Å². The number of hydrogen-bond acceptors (Lipinski definition) is 4. The van der Waals surface area contributed by atoms with Gasteiger partial charge in [-0.05, 0) is 19.3 Å². The maximum Gasteiger partial charge on any atom is 0.267 e. The third-order valence-corrected chi connectivity index (χ3v) is 9.24. The molecular formula is C36H71NO5S. The monoisotopic (exact) mass is 630 g/mol. The number of aliphatic hydroxyl groups is 1.